The number of hydrogen-bond donors (Lipinski definition) is 2. The largest absolute Gasteiger partial charge is 0.375 e. The SMILES string of the molecule is CCC(CC)N1CCN(c2ccc(/C=N/NC(N)=S)c(Cl)c2)CC1. The average Bonchev–Trinajstić information content (AvgIpc) is 2.58. The minimum absolute atomic E-state index is 0.134. The summed E-state index contributed by atoms with van der Waals surface area (Å²) < 4.78 is 0. The molecule has 0 unspecified atom stereocenters. The second kappa shape index (κ2) is 9.20. The fourth-order valence-corrected chi connectivity index (χ4v) is 3.41. The van der Waals surface area contributed by atoms with E-state index in [1.54, 1.807) is 6.21 Å². The molecule has 0 radical (unpaired) electrons. The first-order valence-electron chi connectivity index (χ1n) is 8.42. The van der Waals surface area contributed by atoms with Crippen LogP contribution in [-0.4, -0.2) is 48.4 Å². The van der Waals surface area contributed by atoms with E-state index in [4.69, 9.17) is 29.6 Å². The molecule has 0 spiro atoms. The van der Waals surface area contributed by atoms with Crippen LogP contribution < -0.4 is 16.1 Å². The predicted molar refractivity (Wildman–Crippen MR) is 107 cm³/mol. The molecule has 1 fully saturated rings. The third kappa shape index (κ3) is 5.06. The molecule has 7 heteroatoms. The first-order chi connectivity index (χ1) is 11.5. The quantitative estimate of drug-likeness (QED) is 0.460. The maximum absolute atomic E-state index is 6.37. The Bertz CT molecular complexity index is 580. The molecule has 3 N–H and O–H groups in total. The van der Waals surface area contributed by atoms with E-state index in [0.29, 0.717) is 11.1 Å². The van der Waals surface area contributed by atoms with Gasteiger partial charge in [-0.15, -0.1) is 0 Å². The van der Waals surface area contributed by atoms with Crippen LogP contribution in [0.5, 0.6) is 0 Å². The summed E-state index contributed by atoms with van der Waals surface area (Å²) in [6.07, 6.45) is 4.06. The Kier molecular flexibility index (Phi) is 7.27. The fraction of sp³-hybridized carbons (Fsp3) is 0.529. The van der Waals surface area contributed by atoms with Crippen molar-refractivity contribution in [1.29, 1.82) is 0 Å². The van der Waals surface area contributed by atoms with Crippen molar-refractivity contribution in [3.05, 3.63) is 28.8 Å². The van der Waals surface area contributed by atoms with Gasteiger partial charge in [0.2, 0.25) is 0 Å². The highest BCUT2D eigenvalue weighted by Gasteiger charge is 2.22. The number of anilines is 1. The highest BCUT2D eigenvalue weighted by Crippen LogP contribution is 2.24. The van der Waals surface area contributed by atoms with Crippen LogP contribution in [0.4, 0.5) is 5.69 Å². The molecule has 1 saturated heterocycles. The van der Waals surface area contributed by atoms with Gasteiger partial charge < -0.3 is 10.6 Å². The number of benzene rings is 1. The van der Waals surface area contributed by atoms with Crippen molar-refractivity contribution in [3.8, 4) is 0 Å². The van der Waals surface area contributed by atoms with Gasteiger partial charge in [-0.05, 0) is 43.3 Å². The Morgan fingerprint density at radius 2 is 2.00 bits per heavy atom. The van der Waals surface area contributed by atoms with Crippen LogP contribution in [-0.2, 0) is 0 Å². The minimum atomic E-state index is 0.134. The van der Waals surface area contributed by atoms with E-state index in [1.807, 2.05) is 12.1 Å². The molecular weight excluding hydrogens is 342 g/mol. The molecule has 1 heterocycles. The van der Waals surface area contributed by atoms with Gasteiger partial charge in [-0.2, -0.15) is 5.10 Å². The number of halogens is 1. The van der Waals surface area contributed by atoms with Crippen molar-refractivity contribution in [1.82, 2.24) is 10.3 Å². The molecule has 2 rings (SSSR count). The van der Waals surface area contributed by atoms with Gasteiger partial charge in [0.15, 0.2) is 5.11 Å². The van der Waals surface area contributed by atoms with E-state index < -0.39 is 0 Å². The molecule has 0 amide bonds. The van der Waals surface area contributed by atoms with E-state index in [1.165, 1.54) is 12.8 Å². The van der Waals surface area contributed by atoms with Crippen LogP contribution in [0.3, 0.4) is 0 Å². The van der Waals surface area contributed by atoms with E-state index in [9.17, 15) is 0 Å². The Balaban J connectivity index is 1.97. The highest BCUT2D eigenvalue weighted by molar-refractivity contribution is 7.80. The third-order valence-electron chi connectivity index (χ3n) is 4.50. The molecule has 0 bridgehead atoms. The number of thiocarbonyl (C=S) groups is 1. The Morgan fingerprint density at radius 1 is 1.33 bits per heavy atom. The Morgan fingerprint density at radius 3 is 2.54 bits per heavy atom. The number of nitrogens with one attached hydrogen (secondary N) is 1. The maximum Gasteiger partial charge on any atom is 0.184 e. The lowest BCUT2D eigenvalue weighted by Gasteiger charge is -2.40. The summed E-state index contributed by atoms with van der Waals surface area (Å²) in [5.41, 5.74) is 9.85. The molecule has 1 aliphatic heterocycles. The number of rotatable bonds is 6. The van der Waals surface area contributed by atoms with E-state index in [0.717, 1.165) is 37.4 Å². The normalized spacial score (nSPS) is 16.1. The van der Waals surface area contributed by atoms with E-state index in [2.05, 4.69) is 40.2 Å². The Hall–Kier alpha value is -1.37. The summed E-state index contributed by atoms with van der Waals surface area (Å²) in [6, 6.07) is 6.75. The van der Waals surface area contributed by atoms with Crippen molar-refractivity contribution in [2.24, 2.45) is 10.8 Å². The van der Waals surface area contributed by atoms with Crippen molar-refractivity contribution in [3.63, 3.8) is 0 Å². The molecule has 132 valence electrons. The first-order valence-corrected chi connectivity index (χ1v) is 9.20. The number of nitrogens with zero attached hydrogens (tertiary/aromatic N) is 3. The van der Waals surface area contributed by atoms with Gasteiger partial charge in [0, 0.05) is 43.5 Å². The molecule has 1 aromatic carbocycles. The summed E-state index contributed by atoms with van der Waals surface area (Å²) in [6.45, 7) is 8.81. The van der Waals surface area contributed by atoms with Gasteiger partial charge in [-0.3, -0.25) is 10.3 Å². The monoisotopic (exact) mass is 367 g/mol. The zero-order chi connectivity index (χ0) is 17.5. The summed E-state index contributed by atoms with van der Waals surface area (Å²) in [5, 5.41) is 4.75. The van der Waals surface area contributed by atoms with E-state index in [-0.39, 0.29) is 5.11 Å². The topological polar surface area (TPSA) is 56.9 Å². The van der Waals surface area contributed by atoms with Crippen LogP contribution in [0.15, 0.2) is 23.3 Å². The lowest BCUT2D eigenvalue weighted by atomic mass is 10.1. The molecule has 0 atom stereocenters. The van der Waals surface area contributed by atoms with Crippen molar-refractivity contribution in [2.75, 3.05) is 31.1 Å². The molecular formula is C17H26ClN5S. The lowest BCUT2D eigenvalue weighted by Crippen LogP contribution is -2.50. The van der Waals surface area contributed by atoms with E-state index >= 15 is 0 Å². The molecule has 1 aliphatic rings. The summed E-state index contributed by atoms with van der Waals surface area (Å²) >= 11 is 11.1. The predicted octanol–water partition coefficient (Wildman–Crippen LogP) is 2.82. The summed E-state index contributed by atoms with van der Waals surface area (Å²) in [4.78, 5) is 4.99. The molecule has 0 aliphatic carbocycles. The van der Waals surface area contributed by atoms with Gasteiger partial charge in [0.05, 0.1) is 11.2 Å². The molecule has 24 heavy (non-hydrogen) atoms. The van der Waals surface area contributed by atoms with Gasteiger partial charge >= 0.3 is 0 Å². The summed E-state index contributed by atoms with van der Waals surface area (Å²) in [5.74, 6) is 0. The zero-order valence-electron chi connectivity index (χ0n) is 14.3. The number of hydrazone groups is 1. The molecule has 0 aromatic heterocycles. The standard InChI is InChI=1S/C17H26ClN5S/c1-3-14(4-2)22-7-9-23(10-8-22)15-6-5-13(16(18)11-15)12-20-21-17(19)24/h5-6,11-12,14H,3-4,7-10H2,1-2H3,(H3,19,21,24)/b20-12+. The average molecular weight is 368 g/mol. The van der Waals surface area contributed by atoms with Crippen LogP contribution in [0.2, 0.25) is 5.02 Å². The minimum Gasteiger partial charge on any atom is -0.375 e. The molecule has 0 saturated carbocycles. The smallest absolute Gasteiger partial charge is 0.184 e. The van der Waals surface area contributed by atoms with Crippen LogP contribution in [0.25, 0.3) is 0 Å². The second-order valence-electron chi connectivity index (χ2n) is 5.93. The zero-order valence-corrected chi connectivity index (χ0v) is 15.9. The molecule has 1 aromatic rings. The molecule has 5 nitrogen and oxygen atoms in total. The lowest BCUT2D eigenvalue weighted by molar-refractivity contribution is 0.175. The van der Waals surface area contributed by atoms with Crippen LogP contribution in [0.1, 0.15) is 32.3 Å². The third-order valence-corrected chi connectivity index (χ3v) is 4.92. The first kappa shape index (κ1) is 19.0. The highest BCUT2D eigenvalue weighted by atomic mass is 35.5. The fourth-order valence-electron chi connectivity index (χ4n) is 3.13. The van der Waals surface area contributed by atoms with Crippen LogP contribution in [0, 0.1) is 0 Å². The number of piperazine rings is 1. The van der Waals surface area contributed by atoms with Gasteiger partial charge in [-0.25, -0.2) is 0 Å². The van der Waals surface area contributed by atoms with Gasteiger partial charge in [0.1, 0.15) is 0 Å². The van der Waals surface area contributed by atoms with Crippen molar-refractivity contribution >= 4 is 40.8 Å². The van der Waals surface area contributed by atoms with Crippen molar-refractivity contribution in [2.45, 2.75) is 32.7 Å². The maximum atomic E-state index is 6.37. The Labute approximate surface area is 154 Å². The van der Waals surface area contributed by atoms with Crippen LogP contribution >= 0.6 is 23.8 Å². The van der Waals surface area contributed by atoms with Crippen molar-refractivity contribution < 1.29 is 0 Å². The summed E-state index contributed by atoms with van der Waals surface area (Å²) in [7, 11) is 0. The number of hydrogen-bond acceptors (Lipinski definition) is 4. The van der Waals surface area contributed by atoms with Gasteiger partial charge in [0.25, 0.3) is 0 Å². The number of nitrogens with two attached hydrogens (primary N) is 1. The second-order valence-corrected chi connectivity index (χ2v) is 6.78. The van der Waals surface area contributed by atoms with Gasteiger partial charge in [-0.1, -0.05) is 25.4 Å².